The fraction of sp³-hybridized carbons (Fsp3) is 0.429. The number of piperazine rings is 1. The van der Waals surface area contributed by atoms with Crippen LogP contribution in [0.1, 0.15) is 5.56 Å². The second kappa shape index (κ2) is 5.01. The predicted octanol–water partition coefficient (Wildman–Crippen LogP) is 1.20. The number of hydrogen-bond acceptors (Lipinski definition) is 4. The minimum atomic E-state index is 0.925. The molecule has 1 saturated heterocycles. The number of nitrogens with zero attached hydrogens (tertiary/aromatic N) is 4. The van der Waals surface area contributed by atoms with Crippen molar-refractivity contribution in [3.63, 3.8) is 0 Å². The van der Waals surface area contributed by atoms with Crippen LogP contribution >= 0.6 is 0 Å². The Labute approximate surface area is 113 Å². The quantitative estimate of drug-likeness (QED) is 0.878. The number of hydrogen-bond donors (Lipinski definition) is 1. The van der Waals surface area contributed by atoms with Crippen LogP contribution in [0.15, 0.2) is 24.3 Å². The molecule has 0 spiro atoms. The van der Waals surface area contributed by atoms with Gasteiger partial charge in [0.15, 0.2) is 5.82 Å². The minimum Gasteiger partial charge on any atom is -0.338 e. The molecule has 1 fully saturated rings. The van der Waals surface area contributed by atoms with Gasteiger partial charge in [0.1, 0.15) is 0 Å². The maximum Gasteiger partial charge on any atom is 0.227 e. The van der Waals surface area contributed by atoms with E-state index in [1.807, 2.05) is 7.05 Å². The van der Waals surface area contributed by atoms with Crippen LogP contribution in [0.2, 0.25) is 0 Å². The van der Waals surface area contributed by atoms with Crippen molar-refractivity contribution in [3.8, 4) is 11.4 Å². The van der Waals surface area contributed by atoms with Crippen molar-refractivity contribution in [3.05, 3.63) is 29.8 Å². The molecule has 0 atom stereocenters. The summed E-state index contributed by atoms with van der Waals surface area (Å²) in [6.07, 6.45) is 0. The highest BCUT2D eigenvalue weighted by molar-refractivity contribution is 5.58. The second-order valence-electron chi connectivity index (χ2n) is 4.99. The molecular formula is C14H19N5. The van der Waals surface area contributed by atoms with Crippen LogP contribution in [-0.2, 0) is 7.05 Å². The maximum atomic E-state index is 4.35. The van der Waals surface area contributed by atoms with Crippen LogP contribution in [0.3, 0.4) is 0 Å². The Kier molecular flexibility index (Phi) is 3.21. The third-order valence-corrected chi connectivity index (χ3v) is 3.56. The van der Waals surface area contributed by atoms with Gasteiger partial charge in [0.25, 0.3) is 0 Å². The highest BCUT2D eigenvalue weighted by Crippen LogP contribution is 2.21. The normalized spacial score (nSPS) is 15.8. The van der Waals surface area contributed by atoms with E-state index in [1.54, 1.807) is 0 Å². The molecule has 0 radical (unpaired) electrons. The topological polar surface area (TPSA) is 46.0 Å². The molecule has 3 rings (SSSR count). The molecule has 1 N–H and O–H groups in total. The molecular weight excluding hydrogens is 238 g/mol. The molecule has 0 amide bonds. The zero-order chi connectivity index (χ0) is 13.2. The van der Waals surface area contributed by atoms with Crippen LogP contribution < -0.4 is 10.2 Å². The van der Waals surface area contributed by atoms with Crippen molar-refractivity contribution in [2.24, 2.45) is 7.05 Å². The van der Waals surface area contributed by atoms with Crippen molar-refractivity contribution in [2.45, 2.75) is 6.92 Å². The molecule has 1 aromatic carbocycles. The molecule has 0 aliphatic carbocycles. The minimum absolute atomic E-state index is 0.925. The molecule has 2 heterocycles. The lowest BCUT2D eigenvalue weighted by molar-refractivity contribution is 0.573. The summed E-state index contributed by atoms with van der Waals surface area (Å²) in [7, 11) is 2.03. The molecule has 5 nitrogen and oxygen atoms in total. The molecule has 0 unspecified atom stereocenters. The highest BCUT2D eigenvalue weighted by Gasteiger charge is 2.18. The first-order valence-corrected chi connectivity index (χ1v) is 6.68. The monoisotopic (exact) mass is 257 g/mol. The Morgan fingerprint density at radius 3 is 2.42 bits per heavy atom. The Morgan fingerprint density at radius 1 is 1.05 bits per heavy atom. The SMILES string of the molecule is Cc1ccc(-c2nnc(N3CCNCC3)n2C)cc1. The van der Waals surface area contributed by atoms with Crippen LogP contribution in [0, 0.1) is 6.92 Å². The number of anilines is 1. The molecule has 100 valence electrons. The summed E-state index contributed by atoms with van der Waals surface area (Å²) in [5.74, 6) is 1.88. The molecule has 1 aliphatic rings. The molecule has 0 saturated carbocycles. The predicted molar refractivity (Wildman–Crippen MR) is 76.3 cm³/mol. The molecule has 1 aromatic heterocycles. The van der Waals surface area contributed by atoms with Gasteiger partial charge in [-0.25, -0.2) is 0 Å². The fourth-order valence-electron chi connectivity index (χ4n) is 2.42. The van der Waals surface area contributed by atoms with Crippen LogP contribution in [-0.4, -0.2) is 40.9 Å². The van der Waals surface area contributed by atoms with Gasteiger partial charge in [-0.05, 0) is 6.92 Å². The van der Waals surface area contributed by atoms with E-state index in [0.29, 0.717) is 0 Å². The Balaban J connectivity index is 1.91. The van der Waals surface area contributed by atoms with Crippen molar-refractivity contribution < 1.29 is 0 Å². The second-order valence-corrected chi connectivity index (χ2v) is 4.99. The summed E-state index contributed by atoms with van der Waals surface area (Å²) in [6, 6.07) is 8.41. The summed E-state index contributed by atoms with van der Waals surface area (Å²) in [5, 5.41) is 12.0. The average Bonchev–Trinajstić information content (AvgIpc) is 2.83. The van der Waals surface area contributed by atoms with Crippen LogP contribution in [0.4, 0.5) is 5.95 Å². The molecule has 5 heteroatoms. The largest absolute Gasteiger partial charge is 0.338 e. The van der Waals surface area contributed by atoms with Crippen molar-refractivity contribution in [2.75, 3.05) is 31.1 Å². The van der Waals surface area contributed by atoms with Gasteiger partial charge >= 0.3 is 0 Å². The number of aromatic nitrogens is 3. The van der Waals surface area contributed by atoms with E-state index in [0.717, 1.165) is 43.5 Å². The first-order chi connectivity index (χ1) is 9.25. The smallest absolute Gasteiger partial charge is 0.227 e. The van der Waals surface area contributed by atoms with E-state index in [2.05, 4.69) is 56.2 Å². The summed E-state index contributed by atoms with van der Waals surface area (Å²) in [6.45, 7) is 6.08. The fourth-order valence-corrected chi connectivity index (χ4v) is 2.42. The maximum absolute atomic E-state index is 4.35. The van der Waals surface area contributed by atoms with Crippen LogP contribution in [0.5, 0.6) is 0 Å². The van der Waals surface area contributed by atoms with Gasteiger partial charge in [-0.2, -0.15) is 0 Å². The number of rotatable bonds is 2. The summed E-state index contributed by atoms with van der Waals surface area (Å²) < 4.78 is 2.08. The highest BCUT2D eigenvalue weighted by atomic mass is 15.4. The van der Waals surface area contributed by atoms with Gasteiger partial charge in [-0.1, -0.05) is 29.8 Å². The number of aryl methyl sites for hydroxylation is 1. The molecule has 19 heavy (non-hydrogen) atoms. The summed E-state index contributed by atoms with van der Waals surface area (Å²) in [5.41, 5.74) is 2.37. The van der Waals surface area contributed by atoms with Crippen molar-refractivity contribution in [1.29, 1.82) is 0 Å². The number of benzene rings is 1. The third kappa shape index (κ3) is 2.33. The van der Waals surface area contributed by atoms with E-state index < -0.39 is 0 Å². The summed E-state index contributed by atoms with van der Waals surface area (Å²) in [4.78, 5) is 2.28. The van der Waals surface area contributed by atoms with E-state index in [1.165, 1.54) is 5.56 Å². The lowest BCUT2D eigenvalue weighted by atomic mass is 10.1. The molecule has 1 aliphatic heterocycles. The Morgan fingerprint density at radius 2 is 1.74 bits per heavy atom. The van der Waals surface area contributed by atoms with Crippen LogP contribution in [0.25, 0.3) is 11.4 Å². The van der Waals surface area contributed by atoms with E-state index >= 15 is 0 Å². The zero-order valence-corrected chi connectivity index (χ0v) is 11.4. The van der Waals surface area contributed by atoms with Gasteiger partial charge in [-0.15, -0.1) is 10.2 Å². The lowest BCUT2D eigenvalue weighted by Crippen LogP contribution is -2.44. The molecule has 0 bridgehead atoms. The Bertz CT molecular complexity index is 552. The first-order valence-electron chi connectivity index (χ1n) is 6.68. The van der Waals surface area contributed by atoms with Gasteiger partial charge in [0.2, 0.25) is 5.95 Å². The van der Waals surface area contributed by atoms with Gasteiger partial charge in [0, 0.05) is 38.8 Å². The average molecular weight is 257 g/mol. The lowest BCUT2D eigenvalue weighted by Gasteiger charge is -2.27. The first kappa shape index (κ1) is 12.2. The zero-order valence-electron chi connectivity index (χ0n) is 11.4. The van der Waals surface area contributed by atoms with E-state index in [4.69, 9.17) is 0 Å². The van der Waals surface area contributed by atoms with Gasteiger partial charge in [0.05, 0.1) is 0 Å². The van der Waals surface area contributed by atoms with Gasteiger partial charge in [-0.3, -0.25) is 4.57 Å². The van der Waals surface area contributed by atoms with E-state index in [9.17, 15) is 0 Å². The summed E-state index contributed by atoms with van der Waals surface area (Å²) >= 11 is 0. The van der Waals surface area contributed by atoms with Crippen molar-refractivity contribution >= 4 is 5.95 Å². The molecule has 2 aromatic rings. The van der Waals surface area contributed by atoms with Gasteiger partial charge < -0.3 is 10.2 Å². The van der Waals surface area contributed by atoms with E-state index in [-0.39, 0.29) is 0 Å². The standard InChI is InChI=1S/C14H19N5/c1-11-3-5-12(6-4-11)13-16-17-14(18(13)2)19-9-7-15-8-10-19/h3-6,15H,7-10H2,1-2H3. The van der Waals surface area contributed by atoms with Crippen molar-refractivity contribution in [1.82, 2.24) is 20.1 Å². The third-order valence-electron chi connectivity index (χ3n) is 3.56. The Hall–Kier alpha value is -1.88. The number of nitrogens with one attached hydrogen (secondary N) is 1.